The predicted molar refractivity (Wildman–Crippen MR) is 77.3 cm³/mol. The van der Waals surface area contributed by atoms with E-state index < -0.39 is 0 Å². The zero-order chi connectivity index (χ0) is 13.9. The summed E-state index contributed by atoms with van der Waals surface area (Å²) in [6, 6.07) is 8.45. The van der Waals surface area contributed by atoms with Crippen LogP contribution in [0.4, 0.5) is 5.82 Å². The Hall–Kier alpha value is -1.88. The van der Waals surface area contributed by atoms with Gasteiger partial charge in [0.05, 0.1) is 18.8 Å². The third-order valence-corrected chi connectivity index (χ3v) is 3.79. The van der Waals surface area contributed by atoms with Gasteiger partial charge in [-0.15, -0.1) is 5.10 Å². The van der Waals surface area contributed by atoms with Crippen molar-refractivity contribution in [2.24, 2.45) is 0 Å². The number of rotatable bonds is 4. The lowest BCUT2D eigenvalue weighted by atomic mass is 9.97. The van der Waals surface area contributed by atoms with Crippen LogP contribution in [-0.2, 0) is 24.1 Å². The maximum Gasteiger partial charge on any atom is 0.169 e. The average Bonchev–Trinajstić information content (AvgIpc) is 2.81. The van der Waals surface area contributed by atoms with Crippen LogP contribution in [0.3, 0.4) is 0 Å². The molecule has 1 aromatic heterocycles. The molecule has 106 valence electrons. The molecule has 1 aromatic carbocycles. The zero-order valence-electron chi connectivity index (χ0n) is 11.7. The van der Waals surface area contributed by atoms with Crippen LogP contribution in [-0.4, -0.2) is 21.6 Å². The minimum atomic E-state index is 0.0386. The van der Waals surface area contributed by atoms with E-state index in [0.717, 1.165) is 31.6 Å². The average molecular weight is 272 g/mol. The van der Waals surface area contributed by atoms with Crippen molar-refractivity contribution in [2.75, 3.05) is 12.3 Å². The molecule has 1 atom stereocenters. The van der Waals surface area contributed by atoms with E-state index in [2.05, 4.69) is 41.5 Å². The van der Waals surface area contributed by atoms with Gasteiger partial charge < -0.3 is 10.5 Å². The highest BCUT2D eigenvalue weighted by Crippen LogP contribution is 2.28. The molecule has 0 bridgehead atoms. The Bertz CT molecular complexity index is 593. The van der Waals surface area contributed by atoms with E-state index in [0.29, 0.717) is 12.4 Å². The van der Waals surface area contributed by atoms with Crippen LogP contribution in [0.15, 0.2) is 24.3 Å². The second kappa shape index (κ2) is 5.63. The molecule has 1 unspecified atom stereocenters. The molecule has 0 fully saturated rings. The lowest BCUT2D eigenvalue weighted by molar-refractivity contribution is 0.0274. The quantitative estimate of drug-likeness (QED) is 0.926. The summed E-state index contributed by atoms with van der Waals surface area (Å²) in [5.74, 6) is 0.538. The molecule has 0 radical (unpaired) electrons. The van der Waals surface area contributed by atoms with Crippen molar-refractivity contribution >= 4 is 5.82 Å². The summed E-state index contributed by atoms with van der Waals surface area (Å²) < 4.78 is 7.82. The molecule has 1 aliphatic rings. The summed E-state index contributed by atoms with van der Waals surface area (Å²) in [5, 5.41) is 8.15. The molecule has 5 nitrogen and oxygen atoms in total. The van der Waals surface area contributed by atoms with Gasteiger partial charge in [0.2, 0.25) is 0 Å². The summed E-state index contributed by atoms with van der Waals surface area (Å²) >= 11 is 0. The highest BCUT2D eigenvalue weighted by atomic mass is 16.5. The van der Waals surface area contributed by atoms with E-state index >= 15 is 0 Å². The summed E-state index contributed by atoms with van der Waals surface area (Å²) in [7, 11) is 0. The van der Waals surface area contributed by atoms with Gasteiger partial charge in [-0.25, -0.2) is 4.68 Å². The molecule has 20 heavy (non-hydrogen) atoms. The largest absolute Gasteiger partial charge is 0.381 e. The number of ether oxygens (including phenoxy) is 1. The van der Waals surface area contributed by atoms with Gasteiger partial charge in [0, 0.05) is 0 Å². The summed E-state index contributed by atoms with van der Waals surface area (Å²) in [5.41, 5.74) is 9.53. The molecular formula is C15H20N4O. The van der Waals surface area contributed by atoms with Gasteiger partial charge in [0.15, 0.2) is 5.82 Å². The number of nitrogens with two attached hydrogens (primary N) is 1. The minimum Gasteiger partial charge on any atom is -0.381 e. The normalized spacial score (nSPS) is 17.9. The molecule has 0 aliphatic carbocycles. The van der Waals surface area contributed by atoms with Crippen LogP contribution in [0.2, 0.25) is 0 Å². The third kappa shape index (κ3) is 2.41. The van der Waals surface area contributed by atoms with Crippen LogP contribution in [0.25, 0.3) is 0 Å². The van der Waals surface area contributed by atoms with E-state index in [1.54, 1.807) is 0 Å². The van der Waals surface area contributed by atoms with Gasteiger partial charge in [0.1, 0.15) is 6.10 Å². The first-order valence-electron chi connectivity index (χ1n) is 7.16. The van der Waals surface area contributed by atoms with Crippen LogP contribution in [0.1, 0.15) is 36.3 Å². The summed E-state index contributed by atoms with van der Waals surface area (Å²) in [6.45, 7) is 3.56. The highest BCUT2D eigenvalue weighted by molar-refractivity contribution is 5.34. The second-order valence-corrected chi connectivity index (χ2v) is 5.16. The molecule has 0 saturated heterocycles. The number of hydrogen-bond donors (Lipinski definition) is 1. The van der Waals surface area contributed by atoms with E-state index in [1.165, 1.54) is 11.1 Å². The Kier molecular flexibility index (Phi) is 3.69. The van der Waals surface area contributed by atoms with E-state index in [9.17, 15) is 0 Å². The number of aromatic nitrogens is 3. The van der Waals surface area contributed by atoms with Crippen LogP contribution < -0.4 is 5.73 Å². The monoisotopic (exact) mass is 272 g/mol. The van der Waals surface area contributed by atoms with Crippen molar-refractivity contribution in [1.29, 1.82) is 0 Å². The van der Waals surface area contributed by atoms with Gasteiger partial charge in [-0.3, -0.25) is 0 Å². The lowest BCUT2D eigenvalue weighted by Crippen LogP contribution is -2.22. The topological polar surface area (TPSA) is 66.0 Å². The molecule has 2 heterocycles. The smallest absolute Gasteiger partial charge is 0.169 e. The molecular weight excluding hydrogens is 252 g/mol. The first-order chi connectivity index (χ1) is 9.79. The Labute approximate surface area is 118 Å². The number of fused-ring (bicyclic) bond motifs is 1. The standard InChI is InChI=1S/C15H20N4O/c1-2-5-13-15(16)17-18-19(13)10-14-12-7-4-3-6-11(12)8-9-20-14/h3-4,6-7,14H,2,5,8-10,16H2,1H3. The molecule has 1 aliphatic heterocycles. The molecule has 0 amide bonds. The molecule has 2 aromatic rings. The number of nitrogen functional groups attached to an aromatic ring is 1. The van der Waals surface area contributed by atoms with Crippen molar-refractivity contribution in [3.63, 3.8) is 0 Å². The van der Waals surface area contributed by atoms with E-state index in [-0.39, 0.29) is 6.10 Å². The Morgan fingerprint density at radius 2 is 2.25 bits per heavy atom. The maximum absolute atomic E-state index is 5.92. The number of anilines is 1. The van der Waals surface area contributed by atoms with Gasteiger partial charge in [-0.2, -0.15) is 0 Å². The van der Waals surface area contributed by atoms with E-state index in [1.807, 2.05) is 4.68 Å². The van der Waals surface area contributed by atoms with Crippen molar-refractivity contribution in [2.45, 2.75) is 38.8 Å². The maximum atomic E-state index is 5.92. The van der Waals surface area contributed by atoms with Crippen LogP contribution in [0.5, 0.6) is 0 Å². The van der Waals surface area contributed by atoms with Crippen molar-refractivity contribution in [1.82, 2.24) is 15.0 Å². The number of nitrogens with zero attached hydrogens (tertiary/aromatic N) is 3. The Balaban J connectivity index is 1.86. The molecule has 0 saturated carbocycles. The van der Waals surface area contributed by atoms with Crippen LogP contribution >= 0.6 is 0 Å². The molecule has 0 spiro atoms. The fourth-order valence-corrected chi connectivity index (χ4v) is 2.77. The lowest BCUT2D eigenvalue weighted by Gasteiger charge is -2.26. The van der Waals surface area contributed by atoms with Gasteiger partial charge in [-0.1, -0.05) is 42.8 Å². The van der Waals surface area contributed by atoms with Crippen molar-refractivity contribution in [3.8, 4) is 0 Å². The summed E-state index contributed by atoms with van der Waals surface area (Å²) in [6.07, 6.45) is 2.94. The second-order valence-electron chi connectivity index (χ2n) is 5.16. The van der Waals surface area contributed by atoms with Gasteiger partial charge in [-0.05, 0) is 24.0 Å². The van der Waals surface area contributed by atoms with Crippen LogP contribution in [0, 0.1) is 0 Å². The SMILES string of the molecule is CCCc1c(N)nnn1CC1OCCc2ccccc21. The highest BCUT2D eigenvalue weighted by Gasteiger charge is 2.22. The first kappa shape index (κ1) is 13.1. The fraction of sp³-hybridized carbons (Fsp3) is 0.467. The summed E-state index contributed by atoms with van der Waals surface area (Å²) in [4.78, 5) is 0. The number of benzene rings is 1. The molecule has 2 N–H and O–H groups in total. The first-order valence-corrected chi connectivity index (χ1v) is 7.16. The number of hydrogen-bond acceptors (Lipinski definition) is 4. The van der Waals surface area contributed by atoms with Crippen molar-refractivity contribution in [3.05, 3.63) is 41.1 Å². The van der Waals surface area contributed by atoms with Gasteiger partial charge >= 0.3 is 0 Å². The Morgan fingerprint density at radius 1 is 1.40 bits per heavy atom. The minimum absolute atomic E-state index is 0.0386. The molecule has 3 rings (SSSR count). The third-order valence-electron chi connectivity index (χ3n) is 3.79. The van der Waals surface area contributed by atoms with E-state index in [4.69, 9.17) is 10.5 Å². The zero-order valence-corrected chi connectivity index (χ0v) is 11.7. The van der Waals surface area contributed by atoms with Gasteiger partial charge in [0.25, 0.3) is 0 Å². The Morgan fingerprint density at radius 3 is 3.10 bits per heavy atom. The predicted octanol–water partition coefficient (Wildman–Crippen LogP) is 2.13. The van der Waals surface area contributed by atoms with Crippen molar-refractivity contribution < 1.29 is 4.74 Å². The molecule has 5 heteroatoms. The fourth-order valence-electron chi connectivity index (χ4n) is 2.77.